The molecule has 27 heavy (non-hydrogen) atoms. The van der Waals surface area contributed by atoms with Crippen molar-refractivity contribution in [2.45, 2.75) is 13.0 Å². The van der Waals surface area contributed by atoms with Crippen molar-refractivity contribution in [3.63, 3.8) is 0 Å². The van der Waals surface area contributed by atoms with Crippen molar-refractivity contribution in [2.75, 3.05) is 31.6 Å². The number of ether oxygens (including phenoxy) is 1. The van der Waals surface area contributed by atoms with Gasteiger partial charge in [0.1, 0.15) is 6.04 Å². The molecule has 1 amide bonds. The van der Waals surface area contributed by atoms with E-state index in [0.29, 0.717) is 42.8 Å². The van der Waals surface area contributed by atoms with Gasteiger partial charge in [-0.15, -0.1) is 0 Å². The van der Waals surface area contributed by atoms with Gasteiger partial charge in [-0.25, -0.2) is 4.98 Å². The van der Waals surface area contributed by atoms with Crippen LogP contribution in [0, 0.1) is 6.92 Å². The fourth-order valence-corrected chi connectivity index (χ4v) is 3.42. The van der Waals surface area contributed by atoms with Gasteiger partial charge in [-0.3, -0.25) is 14.8 Å². The number of aromatic nitrogens is 3. The number of anilines is 1. The summed E-state index contributed by atoms with van der Waals surface area (Å²) in [6.07, 6.45) is 0. The molecule has 0 spiro atoms. The summed E-state index contributed by atoms with van der Waals surface area (Å²) in [5.41, 5.74) is 2.42. The zero-order chi connectivity index (χ0) is 18.8. The number of rotatable bonds is 4. The number of aryl methyl sites for hydroxylation is 1. The Morgan fingerprint density at radius 2 is 1.96 bits per heavy atom. The van der Waals surface area contributed by atoms with Crippen molar-refractivity contribution < 1.29 is 9.53 Å². The van der Waals surface area contributed by atoms with Gasteiger partial charge in [0.15, 0.2) is 11.5 Å². The van der Waals surface area contributed by atoms with E-state index in [-0.39, 0.29) is 5.91 Å². The number of nitrogens with one attached hydrogen (secondary N) is 2. The zero-order valence-corrected chi connectivity index (χ0v) is 15.7. The lowest BCUT2D eigenvalue weighted by atomic mass is 10.0. The number of benzene rings is 1. The maximum Gasteiger partial charge on any atom is 0.247 e. The number of halogens is 1. The Balaban J connectivity index is 1.64. The summed E-state index contributed by atoms with van der Waals surface area (Å²) in [5, 5.41) is 11.5. The van der Waals surface area contributed by atoms with Crippen LogP contribution in [0.15, 0.2) is 36.4 Å². The van der Waals surface area contributed by atoms with Crippen LogP contribution >= 0.6 is 11.6 Å². The Bertz CT molecular complexity index is 950. The van der Waals surface area contributed by atoms with E-state index in [1.54, 1.807) is 12.1 Å². The minimum atomic E-state index is -0.448. The number of H-pyrrole nitrogens is 1. The Morgan fingerprint density at radius 1 is 1.22 bits per heavy atom. The maximum absolute atomic E-state index is 13.2. The highest BCUT2D eigenvalue weighted by molar-refractivity contribution is 6.30. The molecule has 0 unspecified atom stereocenters. The molecule has 3 aromatic rings. The lowest BCUT2D eigenvalue weighted by Gasteiger charge is -2.33. The van der Waals surface area contributed by atoms with Crippen LogP contribution in [0.4, 0.5) is 5.82 Å². The molecule has 2 N–H and O–H groups in total. The summed E-state index contributed by atoms with van der Waals surface area (Å²) in [5.74, 6) is 0.336. The number of carbonyl (C=O) groups is 1. The molecule has 0 aliphatic carbocycles. The van der Waals surface area contributed by atoms with Gasteiger partial charge >= 0.3 is 0 Å². The molecule has 1 saturated heterocycles. The average molecular weight is 386 g/mol. The molecule has 8 heteroatoms. The average Bonchev–Trinajstić information content (AvgIpc) is 3.06. The highest BCUT2D eigenvalue weighted by Crippen LogP contribution is 2.26. The lowest BCUT2D eigenvalue weighted by Crippen LogP contribution is -2.43. The van der Waals surface area contributed by atoms with E-state index in [2.05, 4.69) is 25.4 Å². The fraction of sp³-hybridized carbons (Fsp3) is 0.316. The van der Waals surface area contributed by atoms with Crippen LogP contribution in [0.1, 0.15) is 17.3 Å². The molecule has 3 heterocycles. The summed E-state index contributed by atoms with van der Waals surface area (Å²) >= 11 is 6.02. The first kappa shape index (κ1) is 17.9. The number of fused-ring (bicyclic) bond motifs is 1. The van der Waals surface area contributed by atoms with Crippen molar-refractivity contribution in [3.05, 3.63) is 52.7 Å². The van der Waals surface area contributed by atoms with E-state index in [1.165, 1.54) is 0 Å². The molecular weight excluding hydrogens is 366 g/mol. The predicted octanol–water partition coefficient (Wildman–Crippen LogP) is 2.93. The first-order valence-electron chi connectivity index (χ1n) is 8.81. The van der Waals surface area contributed by atoms with Crippen molar-refractivity contribution >= 4 is 34.4 Å². The number of carbonyl (C=O) groups excluding carboxylic acids is 1. The standard InChI is InChI=1S/C19H20ClN5O2/c1-12-2-7-15-17(21-12)23-24-18(15)22-19(26)16(25-8-10-27-11-9-25)13-3-5-14(20)6-4-13/h2-7,16H,8-11H2,1H3,(H2,21,22,23,24,26)/t16-/m0/s1. The van der Waals surface area contributed by atoms with Crippen LogP contribution < -0.4 is 5.32 Å². The van der Waals surface area contributed by atoms with Crippen LogP contribution in [-0.4, -0.2) is 52.3 Å². The largest absolute Gasteiger partial charge is 0.379 e. The smallest absolute Gasteiger partial charge is 0.247 e. The summed E-state index contributed by atoms with van der Waals surface area (Å²) in [6.45, 7) is 4.48. The molecule has 0 radical (unpaired) electrons. The van der Waals surface area contributed by atoms with E-state index < -0.39 is 6.04 Å². The van der Waals surface area contributed by atoms with Gasteiger partial charge < -0.3 is 10.1 Å². The van der Waals surface area contributed by atoms with E-state index in [0.717, 1.165) is 16.6 Å². The van der Waals surface area contributed by atoms with Gasteiger partial charge in [-0.05, 0) is 36.8 Å². The lowest BCUT2D eigenvalue weighted by molar-refractivity contribution is -0.123. The van der Waals surface area contributed by atoms with E-state index >= 15 is 0 Å². The Morgan fingerprint density at radius 3 is 2.70 bits per heavy atom. The van der Waals surface area contributed by atoms with Crippen LogP contribution in [-0.2, 0) is 9.53 Å². The number of morpholine rings is 1. The van der Waals surface area contributed by atoms with Crippen LogP contribution in [0.5, 0.6) is 0 Å². The number of hydrogen-bond donors (Lipinski definition) is 2. The summed E-state index contributed by atoms with van der Waals surface area (Å²) in [7, 11) is 0. The molecule has 0 bridgehead atoms. The SMILES string of the molecule is Cc1ccc2c(NC(=O)[C@H](c3ccc(Cl)cc3)N3CCOCC3)n[nH]c2n1. The third-order valence-corrected chi connectivity index (χ3v) is 4.90. The highest BCUT2D eigenvalue weighted by Gasteiger charge is 2.30. The maximum atomic E-state index is 13.2. The van der Waals surface area contributed by atoms with Gasteiger partial charge in [0.25, 0.3) is 0 Å². The first-order chi connectivity index (χ1) is 13.1. The van der Waals surface area contributed by atoms with Crippen molar-refractivity contribution in [2.24, 2.45) is 0 Å². The Kier molecular flexibility index (Phi) is 5.07. The molecule has 2 aromatic heterocycles. The molecule has 1 atom stereocenters. The molecule has 1 aromatic carbocycles. The fourth-order valence-electron chi connectivity index (χ4n) is 3.29. The molecule has 0 saturated carbocycles. The molecule has 1 fully saturated rings. The second-order valence-corrected chi connectivity index (χ2v) is 6.95. The molecule has 1 aliphatic rings. The molecule has 1 aliphatic heterocycles. The quantitative estimate of drug-likeness (QED) is 0.721. The third-order valence-electron chi connectivity index (χ3n) is 4.65. The Labute approximate surface area is 161 Å². The summed E-state index contributed by atoms with van der Waals surface area (Å²) < 4.78 is 5.44. The van der Waals surface area contributed by atoms with Crippen LogP contribution in [0.25, 0.3) is 11.0 Å². The van der Waals surface area contributed by atoms with Crippen molar-refractivity contribution in [3.8, 4) is 0 Å². The minimum Gasteiger partial charge on any atom is -0.379 e. The number of amides is 1. The molecule has 7 nitrogen and oxygen atoms in total. The number of nitrogens with zero attached hydrogens (tertiary/aromatic N) is 3. The van der Waals surface area contributed by atoms with Crippen LogP contribution in [0.2, 0.25) is 5.02 Å². The van der Waals surface area contributed by atoms with Crippen molar-refractivity contribution in [1.29, 1.82) is 0 Å². The monoisotopic (exact) mass is 385 g/mol. The first-order valence-corrected chi connectivity index (χ1v) is 9.19. The molecule has 4 rings (SSSR count). The second kappa shape index (κ2) is 7.64. The summed E-state index contributed by atoms with van der Waals surface area (Å²) in [4.78, 5) is 19.7. The van der Waals surface area contributed by atoms with Gasteiger partial charge in [-0.2, -0.15) is 5.10 Å². The van der Waals surface area contributed by atoms with Gasteiger partial charge in [0.05, 0.1) is 18.6 Å². The van der Waals surface area contributed by atoms with E-state index in [1.807, 2.05) is 31.2 Å². The topological polar surface area (TPSA) is 83.1 Å². The van der Waals surface area contributed by atoms with Gasteiger partial charge in [0, 0.05) is 23.8 Å². The second-order valence-electron chi connectivity index (χ2n) is 6.51. The normalized spacial score (nSPS) is 16.4. The van der Waals surface area contributed by atoms with Gasteiger partial charge in [-0.1, -0.05) is 23.7 Å². The van der Waals surface area contributed by atoms with Crippen molar-refractivity contribution in [1.82, 2.24) is 20.1 Å². The van der Waals surface area contributed by atoms with Crippen LogP contribution in [0.3, 0.4) is 0 Å². The third kappa shape index (κ3) is 3.80. The van der Waals surface area contributed by atoms with E-state index in [9.17, 15) is 4.79 Å². The number of pyridine rings is 1. The molecular formula is C19H20ClN5O2. The highest BCUT2D eigenvalue weighted by atomic mass is 35.5. The predicted molar refractivity (Wildman–Crippen MR) is 104 cm³/mol. The Hall–Kier alpha value is -2.48. The summed E-state index contributed by atoms with van der Waals surface area (Å²) in [6, 6.07) is 10.7. The van der Waals surface area contributed by atoms with Gasteiger partial charge in [0.2, 0.25) is 5.91 Å². The van der Waals surface area contributed by atoms with E-state index in [4.69, 9.17) is 16.3 Å². The zero-order valence-electron chi connectivity index (χ0n) is 14.9. The minimum absolute atomic E-state index is 0.145. The number of hydrogen-bond acceptors (Lipinski definition) is 5. The number of aromatic amines is 1. The molecule has 140 valence electrons.